The van der Waals surface area contributed by atoms with Gasteiger partial charge in [-0.1, -0.05) is 45.9 Å². The number of benzene rings is 1. The predicted octanol–water partition coefficient (Wildman–Crippen LogP) is 2.36. The highest BCUT2D eigenvalue weighted by atomic mass is 32.2. The van der Waals surface area contributed by atoms with E-state index in [4.69, 9.17) is 24.9 Å². The summed E-state index contributed by atoms with van der Waals surface area (Å²) >= 11 is 0. The molecule has 0 fully saturated rings. The molecular weight excluding hydrogens is 378 g/mol. The summed E-state index contributed by atoms with van der Waals surface area (Å²) in [5.74, 6) is -0.426. The molecule has 4 N–H and O–H groups in total. The Bertz CT molecular complexity index is 709. The van der Waals surface area contributed by atoms with Gasteiger partial charge in [-0.15, -0.1) is 0 Å². The van der Waals surface area contributed by atoms with E-state index in [0.29, 0.717) is 12.0 Å². The van der Waals surface area contributed by atoms with E-state index < -0.39 is 34.9 Å². The van der Waals surface area contributed by atoms with Gasteiger partial charge in [0.2, 0.25) is 0 Å². The van der Waals surface area contributed by atoms with Crippen LogP contribution in [0.3, 0.4) is 0 Å². The maximum atomic E-state index is 11.8. The predicted molar refractivity (Wildman–Crippen MR) is 99.7 cm³/mol. The number of rotatable bonds is 6. The highest BCUT2D eigenvalue weighted by molar-refractivity contribution is 7.85. The third-order valence-electron chi connectivity index (χ3n) is 3.20. The summed E-state index contributed by atoms with van der Waals surface area (Å²) in [4.78, 5) is 22.4. The van der Waals surface area contributed by atoms with Crippen molar-refractivity contribution in [3.8, 4) is 5.75 Å². The van der Waals surface area contributed by atoms with E-state index in [1.807, 2.05) is 45.9 Å². The first kappa shape index (κ1) is 24.8. The lowest BCUT2D eigenvalue weighted by molar-refractivity contribution is -0.139. The Morgan fingerprint density at radius 2 is 1.52 bits per heavy atom. The van der Waals surface area contributed by atoms with Gasteiger partial charge in [0.05, 0.1) is 6.26 Å². The average Bonchev–Trinajstić information content (AvgIpc) is 2.50. The quantitative estimate of drug-likeness (QED) is 0.367. The minimum absolute atomic E-state index is 0.169. The first-order valence-corrected chi connectivity index (χ1v) is 9.97. The van der Waals surface area contributed by atoms with E-state index in [9.17, 15) is 18.0 Å². The zero-order valence-corrected chi connectivity index (χ0v) is 16.8. The second kappa shape index (κ2) is 10.9. The van der Waals surface area contributed by atoms with Crippen LogP contribution in [-0.2, 0) is 19.6 Å². The summed E-state index contributed by atoms with van der Waals surface area (Å²) in [6.45, 7) is 7.56. The number of ether oxygens (including phenoxy) is 2. The number of nitrogens with two attached hydrogens (primary N) is 1. The van der Waals surface area contributed by atoms with E-state index in [1.54, 1.807) is 0 Å². The van der Waals surface area contributed by atoms with Gasteiger partial charge in [-0.3, -0.25) is 9.35 Å². The second-order valence-electron chi connectivity index (χ2n) is 6.42. The van der Waals surface area contributed by atoms with Crippen molar-refractivity contribution in [2.24, 2.45) is 5.73 Å². The topological polar surface area (TPSA) is 153 Å². The molecule has 0 aliphatic heterocycles. The average molecular weight is 405 g/mol. The standard InChI is InChI=1S/C16H23NO5.CH4O3S/c1-9(2)11-6-5-7-12(10(3)4)14(11)22-16(20)21-8-13(17)15(18)19;1-5(2,3)4/h5-7,9-10,13H,8,17H2,1-4H3,(H,18,19);1H3,(H,2,3,4). The first-order valence-electron chi connectivity index (χ1n) is 8.12. The van der Waals surface area contributed by atoms with Crippen LogP contribution in [0, 0.1) is 0 Å². The van der Waals surface area contributed by atoms with Crippen molar-refractivity contribution in [2.75, 3.05) is 12.9 Å². The molecule has 154 valence electrons. The highest BCUT2D eigenvalue weighted by Crippen LogP contribution is 2.34. The molecule has 0 bridgehead atoms. The van der Waals surface area contributed by atoms with Crippen LogP contribution in [0.25, 0.3) is 0 Å². The fourth-order valence-corrected chi connectivity index (χ4v) is 1.94. The Morgan fingerprint density at radius 3 is 1.85 bits per heavy atom. The van der Waals surface area contributed by atoms with Gasteiger partial charge >= 0.3 is 12.1 Å². The summed E-state index contributed by atoms with van der Waals surface area (Å²) < 4.78 is 36.0. The second-order valence-corrected chi connectivity index (χ2v) is 7.88. The van der Waals surface area contributed by atoms with Crippen molar-refractivity contribution in [1.29, 1.82) is 0 Å². The molecule has 1 rings (SSSR count). The summed E-state index contributed by atoms with van der Waals surface area (Å²) in [5.41, 5.74) is 7.07. The van der Waals surface area contributed by atoms with Crippen LogP contribution in [0.4, 0.5) is 4.79 Å². The molecular formula is C17H27NO8S. The van der Waals surface area contributed by atoms with Crippen LogP contribution in [0.5, 0.6) is 5.75 Å². The molecule has 0 heterocycles. The zero-order chi connectivity index (χ0) is 21.4. The van der Waals surface area contributed by atoms with Gasteiger partial charge < -0.3 is 20.3 Å². The lowest BCUT2D eigenvalue weighted by atomic mass is 9.94. The molecule has 0 amide bonds. The fourth-order valence-electron chi connectivity index (χ4n) is 1.94. The summed E-state index contributed by atoms with van der Waals surface area (Å²) in [6.07, 6.45) is -0.237. The monoisotopic (exact) mass is 405 g/mol. The van der Waals surface area contributed by atoms with Crippen LogP contribution >= 0.6 is 0 Å². The van der Waals surface area contributed by atoms with Crippen molar-refractivity contribution in [3.05, 3.63) is 29.3 Å². The van der Waals surface area contributed by atoms with Crippen molar-refractivity contribution in [1.82, 2.24) is 0 Å². The molecule has 1 unspecified atom stereocenters. The lowest BCUT2D eigenvalue weighted by Crippen LogP contribution is -2.36. The number of carboxylic acid groups (broad SMARTS) is 1. The minimum atomic E-state index is -3.67. The number of carbonyl (C=O) groups excluding carboxylic acids is 1. The maximum Gasteiger partial charge on any atom is 0.513 e. The van der Waals surface area contributed by atoms with Gasteiger partial charge in [0, 0.05) is 0 Å². The Balaban J connectivity index is 0.00000119. The number of carboxylic acids is 1. The van der Waals surface area contributed by atoms with Gasteiger partial charge in [-0.2, -0.15) is 8.42 Å². The Morgan fingerprint density at radius 1 is 1.11 bits per heavy atom. The highest BCUT2D eigenvalue weighted by Gasteiger charge is 2.20. The Labute approximate surface area is 159 Å². The molecule has 1 atom stereocenters. The van der Waals surface area contributed by atoms with Gasteiger partial charge in [0.15, 0.2) is 0 Å². The third kappa shape index (κ3) is 10.5. The lowest BCUT2D eigenvalue weighted by Gasteiger charge is -2.18. The Hall–Kier alpha value is -2.17. The molecule has 0 aliphatic carbocycles. The van der Waals surface area contributed by atoms with E-state index in [2.05, 4.69) is 0 Å². The molecule has 0 saturated carbocycles. The molecule has 1 aromatic rings. The largest absolute Gasteiger partial charge is 0.513 e. The number of hydrogen-bond acceptors (Lipinski definition) is 7. The summed E-state index contributed by atoms with van der Waals surface area (Å²) in [5, 5.41) is 8.66. The number of hydrogen-bond donors (Lipinski definition) is 3. The summed E-state index contributed by atoms with van der Waals surface area (Å²) in [7, 11) is -3.67. The van der Waals surface area contributed by atoms with Crippen LogP contribution in [0.1, 0.15) is 50.7 Å². The van der Waals surface area contributed by atoms with E-state index in [-0.39, 0.29) is 11.8 Å². The van der Waals surface area contributed by atoms with Crippen molar-refractivity contribution >= 4 is 22.2 Å². The van der Waals surface area contributed by atoms with Crippen LogP contribution in [0.2, 0.25) is 0 Å². The van der Waals surface area contributed by atoms with Crippen molar-refractivity contribution in [3.63, 3.8) is 0 Å². The van der Waals surface area contributed by atoms with E-state index in [1.165, 1.54) is 0 Å². The van der Waals surface area contributed by atoms with Crippen molar-refractivity contribution < 1.29 is 37.1 Å². The molecule has 1 aromatic carbocycles. The molecule has 27 heavy (non-hydrogen) atoms. The number of carbonyl (C=O) groups is 2. The van der Waals surface area contributed by atoms with Crippen molar-refractivity contribution in [2.45, 2.75) is 45.6 Å². The molecule has 0 aliphatic rings. The normalized spacial score (nSPS) is 12.2. The summed E-state index contributed by atoms with van der Waals surface area (Å²) in [6, 6.07) is 4.44. The molecule has 0 radical (unpaired) electrons. The molecule has 0 aromatic heterocycles. The Kier molecular flexibility index (Phi) is 9.98. The van der Waals surface area contributed by atoms with Gasteiger partial charge in [0.25, 0.3) is 10.1 Å². The minimum Gasteiger partial charge on any atom is -0.480 e. The number of aliphatic carboxylic acids is 1. The van der Waals surface area contributed by atoms with Crippen LogP contribution < -0.4 is 10.5 Å². The van der Waals surface area contributed by atoms with Crippen LogP contribution in [-0.4, -0.2) is 49.1 Å². The molecule has 0 saturated heterocycles. The molecule has 0 spiro atoms. The van der Waals surface area contributed by atoms with E-state index >= 15 is 0 Å². The van der Waals surface area contributed by atoms with Gasteiger partial charge in [-0.05, 0) is 23.0 Å². The SMILES string of the molecule is CC(C)c1cccc(C(C)C)c1OC(=O)OCC(N)C(=O)O.CS(=O)(=O)O. The van der Waals surface area contributed by atoms with Gasteiger partial charge in [0.1, 0.15) is 18.4 Å². The fraction of sp³-hybridized carbons (Fsp3) is 0.529. The van der Waals surface area contributed by atoms with E-state index in [0.717, 1.165) is 11.1 Å². The maximum absolute atomic E-state index is 11.8. The molecule has 10 heteroatoms. The number of para-hydroxylation sites is 1. The zero-order valence-electron chi connectivity index (χ0n) is 16.0. The first-order chi connectivity index (χ1) is 12.2. The van der Waals surface area contributed by atoms with Crippen LogP contribution in [0.15, 0.2) is 18.2 Å². The molecule has 9 nitrogen and oxygen atoms in total. The smallest absolute Gasteiger partial charge is 0.480 e. The third-order valence-corrected chi connectivity index (χ3v) is 3.20. The van der Waals surface area contributed by atoms with Gasteiger partial charge in [-0.25, -0.2) is 4.79 Å².